The van der Waals surface area contributed by atoms with E-state index >= 15 is 0 Å². The van der Waals surface area contributed by atoms with Gasteiger partial charge in [0, 0.05) is 23.4 Å². The maximum Gasteiger partial charge on any atom is 0.416 e. The Kier molecular flexibility index (Phi) is 6.02. The molecule has 2 N–H and O–H groups in total. The lowest BCUT2D eigenvalue weighted by Gasteiger charge is -2.16. The number of carbonyl (C=O) groups is 2. The Labute approximate surface area is 157 Å². The van der Waals surface area contributed by atoms with Crippen LogP contribution in [0.25, 0.3) is 0 Å². The largest absolute Gasteiger partial charge is 0.416 e. The Morgan fingerprint density at radius 2 is 1.82 bits per heavy atom. The second kappa shape index (κ2) is 8.07. The fraction of sp³-hybridized carbons (Fsp3) is 0.222. The summed E-state index contributed by atoms with van der Waals surface area (Å²) in [5, 5.41) is 15.4. The van der Waals surface area contributed by atoms with Crippen molar-refractivity contribution in [2.75, 3.05) is 5.32 Å². The van der Waals surface area contributed by atoms with Crippen LogP contribution in [0.1, 0.15) is 28.4 Å². The molecule has 2 amide bonds. The summed E-state index contributed by atoms with van der Waals surface area (Å²) in [6.45, 7) is 2.64. The van der Waals surface area contributed by atoms with Gasteiger partial charge in [-0.15, -0.1) is 0 Å². The summed E-state index contributed by atoms with van der Waals surface area (Å²) in [5.74, 6) is -1.47. The van der Waals surface area contributed by atoms with Crippen LogP contribution in [0.2, 0.25) is 0 Å². The second-order valence-electron chi connectivity index (χ2n) is 6.02. The van der Waals surface area contributed by atoms with Crippen molar-refractivity contribution in [3.8, 4) is 0 Å². The van der Waals surface area contributed by atoms with Gasteiger partial charge >= 0.3 is 6.18 Å². The van der Waals surface area contributed by atoms with E-state index in [0.717, 1.165) is 12.1 Å². The minimum absolute atomic E-state index is 0.0116. The lowest BCUT2D eigenvalue weighted by Crippen LogP contribution is -2.41. The standard InChI is InChI=1S/C18H16F3N3O4/c1-10-6-7-13(9-15(10)18(19,20)21)23-16(25)11(2)22-17(26)12-4-3-5-14(8-12)24(27)28/h3-9,11H,1-2H3,(H,22,26)(H,23,25)/t11-/m0/s1. The van der Waals surface area contributed by atoms with E-state index < -0.39 is 34.5 Å². The number of halogens is 3. The van der Waals surface area contributed by atoms with Crippen molar-refractivity contribution < 1.29 is 27.7 Å². The molecule has 0 aliphatic heterocycles. The highest BCUT2D eigenvalue weighted by molar-refractivity contribution is 6.01. The van der Waals surface area contributed by atoms with E-state index in [1.54, 1.807) is 0 Å². The first kappa shape index (κ1) is 20.9. The van der Waals surface area contributed by atoms with Gasteiger partial charge in [0.1, 0.15) is 6.04 Å². The molecule has 0 unspecified atom stereocenters. The van der Waals surface area contributed by atoms with Crippen molar-refractivity contribution in [1.82, 2.24) is 5.32 Å². The van der Waals surface area contributed by atoms with Gasteiger partial charge in [0.15, 0.2) is 0 Å². The zero-order chi connectivity index (χ0) is 21.1. The number of nitrogens with zero attached hydrogens (tertiary/aromatic N) is 1. The molecule has 0 fully saturated rings. The fourth-order valence-electron chi connectivity index (χ4n) is 2.36. The quantitative estimate of drug-likeness (QED) is 0.596. The molecule has 0 heterocycles. The summed E-state index contributed by atoms with van der Waals surface area (Å²) in [6.07, 6.45) is -4.56. The fourth-order valence-corrected chi connectivity index (χ4v) is 2.36. The molecule has 10 heteroatoms. The third kappa shape index (κ3) is 5.06. The molecule has 148 valence electrons. The minimum Gasteiger partial charge on any atom is -0.341 e. The molecule has 0 bridgehead atoms. The number of hydrogen-bond donors (Lipinski definition) is 2. The Balaban J connectivity index is 2.08. The highest BCUT2D eigenvalue weighted by Crippen LogP contribution is 2.33. The van der Waals surface area contributed by atoms with E-state index in [1.807, 2.05) is 0 Å². The van der Waals surface area contributed by atoms with Gasteiger partial charge in [-0.1, -0.05) is 12.1 Å². The Morgan fingerprint density at radius 3 is 2.43 bits per heavy atom. The van der Waals surface area contributed by atoms with Crippen LogP contribution >= 0.6 is 0 Å². The number of nitro groups is 1. The van der Waals surface area contributed by atoms with Gasteiger partial charge in [-0.3, -0.25) is 19.7 Å². The van der Waals surface area contributed by atoms with Crippen molar-refractivity contribution in [3.63, 3.8) is 0 Å². The van der Waals surface area contributed by atoms with Crippen LogP contribution in [0.5, 0.6) is 0 Å². The van der Waals surface area contributed by atoms with Crippen molar-refractivity contribution >= 4 is 23.2 Å². The van der Waals surface area contributed by atoms with E-state index in [0.29, 0.717) is 0 Å². The van der Waals surface area contributed by atoms with Crippen LogP contribution in [0.15, 0.2) is 42.5 Å². The number of carbonyl (C=O) groups excluding carboxylic acids is 2. The van der Waals surface area contributed by atoms with Gasteiger partial charge in [0.2, 0.25) is 5.91 Å². The topological polar surface area (TPSA) is 101 Å². The zero-order valence-corrected chi connectivity index (χ0v) is 14.8. The molecule has 0 saturated heterocycles. The highest BCUT2D eigenvalue weighted by atomic mass is 19.4. The van der Waals surface area contributed by atoms with Crippen molar-refractivity contribution in [2.24, 2.45) is 0 Å². The number of hydrogen-bond acceptors (Lipinski definition) is 4. The molecule has 0 aliphatic rings. The number of nitrogens with one attached hydrogen (secondary N) is 2. The van der Waals surface area contributed by atoms with Gasteiger partial charge in [0.25, 0.3) is 11.6 Å². The van der Waals surface area contributed by atoms with Crippen LogP contribution in [0, 0.1) is 17.0 Å². The number of rotatable bonds is 5. The van der Waals surface area contributed by atoms with E-state index in [-0.39, 0.29) is 22.5 Å². The van der Waals surface area contributed by atoms with Gasteiger partial charge < -0.3 is 10.6 Å². The summed E-state index contributed by atoms with van der Waals surface area (Å²) in [5.41, 5.74) is -1.25. The first-order chi connectivity index (χ1) is 13.0. The number of non-ortho nitro benzene ring substituents is 1. The average Bonchev–Trinajstić information content (AvgIpc) is 2.62. The Hall–Kier alpha value is -3.43. The van der Waals surface area contributed by atoms with Gasteiger partial charge in [-0.2, -0.15) is 13.2 Å². The normalized spacial score (nSPS) is 12.2. The number of amides is 2. The number of aryl methyl sites for hydroxylation is 1. The maximum atomic E-state index is 13.0. The van der Waals surface area contributed by atoms with Gasteiger partial charge in [-0.05, 0) is 37.6 Å². The molecule has 1 atom stereocenters. The highest BCUT2D eigenvalue weighted by Gasteiger charge is 2.32. The van der Waals surface area contributed by atoms with E-state index in [1.165, 1.54) is 44.2 Å². The number of nitro benzene ring substituents is 1. The molecule has 7 nitrogen and oxygen atoms in total. The monoisotopic (exact) mass is 395 g/mol. The van der Waals surface area contributed by atoms with Crippen molar-refractivity contribution in [1.29, 1.82) is 0 Å². The number of alkyl halides is 3. The number of anilines is 1. The van der Waals surface area contributed by atoms with E-state index in [4.69, 9.17) is 0 Å². The second-order valence-corrected chi connectivity index (χ2v) is 6.02. The zero-order valence-electron chi connectivity index (χ0n) is 14.8. The molecular formula is C18H16F3N3O4. The van der Waals surface area contributed by atoms with Crippen LogP contribution in [-0.2, 0) is 11.0 Å². The molecule has 2 aromatic carbocycles. The molecule has 0 saturated carbocycles. The predicted molar refractivity (Wildman–Crippen MR) is 94.8 cm³/mol. The van der Waals surface area contributed by atoms with Crippen LogP contribution in [0.3, 0.4) is 0 Å². The molecule has 0 spiro atoms. The van der Waals surface area contributed by atoms with E-state index in [2.05, 4.69) is 10.6 Å². The lowest BCUT2D eigenvalue weighted by molar-refractivity contribution is -0.384. The minimum atomic E-state index is -4.56. The maximum absolute atomic E-state index is 13.0. The smallest absolute Gasteiger partial charge is 0.341 e. The van der Waals surface area contributed by atoms with Crippen molar-refractivity contribution in [2.45, 2.75) is 26.1 Å². The first-order valence-electron chi connectivity index (χ1n) is 8.03. The summed E-state index contributed by atoms with van der Waals surface area (Å²) >= 11 is 0. The molecule has 0 radical (unpaired) electrons. The molecule has 2 aromatic rings. The predicted octanol–water partition coefficient (Wildman–Crippen LogP) is 3.68. The van der Waals surface area contributed by atoms with Crippen LogP contribution in [0.4, 0.5) is 24.5 Å². The molecular weight excluding hydrogens is 379 g/mol. The Morgan fingerprint density at radius 1 is 1.14 bits per heavy atom. The van der Waals surface area contributed by atoms with Gasteiger partial charge in [0.05, 0.1) is 10.5 Å². The molecule has 0 aliphatic carbocycles. The van der Waals surface area contributed by atoms with Crippen LogP contribution < -0.4 is 10.6 Å². The molecule has 0 aromatic heterocycles. The third-order valence-corrected chi connectivity index (χ3v) is 3.87. The van der Waals surface area contributed by atoms with Gasteiger partial charge in [-0.25, -0.2) is 0 Å². The summed E-state index contributed by atoms with van der Waals surface area (Å²) in [7, 11) is 0. The Bertz CT molecular complexity index is 929. The van der Waals surface area contributed by atoms with Crippen LogP contribution in [-0.4, -0.2) is 22.8 Å². The summed E-state index contributed by atoms with van der Waals surface area (Å²) in [6, 6.07) is 7.18. The number of benzene rings is 2. The summed E-state index contributed by atoms with van der Waals surface area (Å²) < 4.78 is 38.9. The SMILES string of the molecule is Cc1ccc(NC(=O)[C@H](C)NC(=O)c2cccc([N+](=O)[O-])c2)cc1C(F)(F)F. The summed E-state index contributed by atoms with van der Waals surface area (Å²) in [4.78, 5) is 34.4. The van der Waals surface area contributed by atoms with Crippen molar-refractivity contribution in [3.05, 3.63) is 69.3 Å². The average molecular weight is 395 g/mol. The molecule has 2 rings (SSSR count). The lowest BCUT2D eigenvalue weighted by atomic mass is 10.1. The third-order valence-electron chi connectivity index (χ3n) is 3.87. The first-order valence-corrected chi connectivity index (χ1v) is 8.03. The van der Waals surface area contributed by atoms with E-state index in [9.17, 15) is 32.9 Å². The molecule has 28 heavy (non-hydrogen) atoms.